The maximum atomic E-state index is 11.7. The van der Waals surface area contributed by atoms with Gasteiger partial charge in [0.05, 0.1) is 0 Å². The summed E-state index contributed by atoms with van der Waals surface area (Å²) < 4.78 is -1.91. The van der Waals surface area contributed by atoms with E-state index < -0.39 is 9.58 Å². The van der Waals surface area contributed by atoms with Crippen LogP contribution in [-0.2, 0) is 0 Å². The van der Waals surface area contributed by atoms with Gasteiger partial charge in [-0.3, -0.25) is 4.79 Å². The average molecular weight is 263 g/mol. The standard InChI is InChI=1S/C10H6Cl3NO/c11-10(12,13)9(15)7-5-14-8-4-2-1-3-6(7)8/h1-5,14H. The molecule has 2 rings (SSSR count). The van der Waals surface area contributed by atoms with Gasteiger partial charge < -0.3 is 4.98 Å². The van der Waals surface area contributed by atoms with Crippen LogP contribution in [0.1, 0.15) is 10.4 Å². The number of Topliss-reactive ketones (excluding diaryl/α,β-unsaturated/α-hetero) is 1. The number of carbonyl (C=O) groups excluding carboxylic acids is 1. The second-order valence-corrected chi connectivity index (χ2v) is 5.36. The minimum Gasteiger partial charge on any atom is -0.360 e. The van der Waals surface area contributed by atoms with Gasteiger partial charge in [-0.25, -0.2) is 0 Å². The van der Waals surface area contributed by atoms with E-state index in [0.29, 0.717) is 5.56 Å². The zero-order valence-electron chi connectivity index (χ0n) is 7.43. The van der Waals surface area contributed by atoms with Crippen LogP contribution in [0.2, 0.25) is 0 Å². The molecule has 0 saturated heterocycles. The van der Waals surface area contributed by atoms with E-state index in [1.165, 1.54) is 0 Å². The lowest BCUT2D eigenvalue weighted by molar-refractivity contribution is 0.0998. The predicted octanol–water partition coefficient (Wildman–Crippen LogP) is 3.72. The number of carbonyl (C=O) groups is 1. The Labute approximate surface area is 101 Å². The Morgan fingerprint density at radius 3 is 2.53 bits per heavy atom. The predicted molar refractivity (Wildman–Crippen MR) is 62.9 cm³/mol. The quantitative estimate of drug-likeness (QED) is 0.616. The summed E-state index contributed by atoms with van der Waals surface area (Å²) >= 11 is 16.6. The fourth-order valence-corrected chi connectivity index (χ4v) is 1.72. The number of para-hydroxylation sites is 1. The van der Waals surface area contributed by atoms with Crippen LogP contribution < -0.4 is 0 Å². The third-order valence-corrected chi connectivity index (χ3v) is 2.61. The van der Waals surface area contributed by atoms with E-state index in [1.807, 2.05) is 18.2 Å². The van der Waals surface area contributed by atoms with Crippen LogP contribution in [0, 0.1) is 0 Å². The molecule has 0 spiro atoms. The molecule has 78 valence electrons. The number of benzene rings is 1. The van der Waals surface area contributed by atoms with Crippen molar-refractivity contribution in [1.29, 1.82) is 0 Å². The Morgan fingerprint density at radius 1 is 1.20 bits per heavy atom. The van der Waals surface area contributed by atoms with Crippen LogP contribution in [0.4, 0.5) is 0 Å². The van der Waals surface area contributed by atoms with Gasteiger partial charge in [-0.1, -0.05) is 53.0 Å². The highest BCUT2D eigenvalue weighted by Crippen LogP contribution is 2.32. The molecule has 15 heavy (non-hydrogen) atoms. The molecule has 0 saturated carbocycles. The summed E-state index contributed by atoms with van der Waals surface area (Å²) in [6, 6.07) is 7.34. The second-order valence-electron chi connectivity index (χ2n) is 3.07. The number of halogens is 3. The Morgan fingerprint density at radius 2 is 1.87 bits per heavy atom. The minimum atomic E-state index is -1.91. The molecular formula is C10H6Cl3NO. The lowest BCUT2D eigenvalue weighted by Crippen LogP contribution is -2.18. The molecule has 1 N–H and O–H groups in total. The van der Waals surface area contributed by atoms with Crippen molar-refractivity contribution < 1.29 is 4.79 Å². The number of hydrogen-bond acceptors (Lipinski definition) is 1. The summed E-state index contributed by atoms with van der Waals surface area (Å²) in [7, 11) is 0. The van der Waals surface area contributed by atoms with Crippen molar-refractivity contribution >= 4 is 51.5 Å². The van der Waals surface area contributed by atoms with Crippen molar-refractivity contribution in [3.05, 3.63) is 36.0 Å². The van der Waals surface area contributed by atoms with Crippen molar-refractivity contribution in [3.63, 3.8) is 0 Å². The molecule has 2 aromatic rings. The molecule has 0 fully saturated rings. The molecule has 1 aromatic carbocycles. The molecular weight excluding hydrogens is 256 g/mol. The molecule has 0 radical (unpaired) electrons. The summed E-state index contributed by atoms with van der Waals surface area (Å²) in [4.78, 5) is 14.7. The van der Waals surface area contributed by atoms with Crippen LogP contribution in [0.15, 0.2) is 30.5 Å². The van der Waals surface area contributed by atoms with E-state index >= 15 is 0 Å². The van der Waals surface area contributed by atoms with Gasteiger partial charge in [0.2, 0.25) is 5.78 Å². The number of aromatic nitrogens is 1. The number of fused-ring (bicyclic) bond motifs is 1. The summed E-state index contributed by atoms with van der Waals surface area (Å²) in [6.45, 7) is 0. The molecule has 0 unspecified atom stereocenters. The van der Waals surface area contributed by atoms with Crippen molar-refractivity contribution in [1.82, 2.24) is 4.98 Å². The topological polar surface area (TPSA) is 32.9 Å². The Bertz CT molecular complexity index is 513. The minimum absolute atomic E-state index is 0.394. The van der Waals surface area contributed by atoms with Gasteiger partial charge in [-0.2, -0.15) is 0 Å². The third kappa shape index (κ3) is 1.98. The van der Waals surface area contributed by atoms with E-state index in [-0.39, 0.29) is 0 Å². The summed E-state index contributed by atoms with van der Waals surface area (Å²) in [5.41, 5.74) is 1.24. The molecule has 0 amide bonds. The maximum absolute atomic E-state index is 11.7. The third-order valence-electron chi connectivity index (χ3n) is 2.09. The van der Waals surface area contributed by atoms with Gasteiger partial charge in [0.25, 0.3) is 3.79 Å². The van der Waals surface area contributed by atoms with E-state index in [4.69, 9.17) is 34.8 Å². The fraction of sp³-hybridized carbons (Fsp3) is 0.100. The summed E-state index contributed by atoms with van der Waals surface area (Å²) in [6.07, 6.45) is 1.55. The normalized spacial score (nSPS) is 11.9. The van der Waals surface area contributed by atoms with Crippen LogP contribution in [-0.4, -0.2) is 14.6 Å². The van der Waals surface area contributed by atoms with Crippen molar-refractivity contribution in [2.24, 2.45) is 0 Å². The van der Waals surface area contributed by atoms with Crippen molar-refractivity contribution in [2.45, 2.75) is 3.79 Å². The van der Waals surface area contributed by atoms with Gasteiger partial charge in [0.15, 0.2) is 0 Å². The Hall–Kier alpha value is -0.700. The molecule has 0 aliphatic rings. The van der Waals surface area contributed by atoms with Crippen LogP contribution in [0.5, 0.6) is 0 Å². The maximum Gasteiger partial charge on any atom is 0.253 e. The number of aromatic amines is 1. The zero-order valence-corrected chi connectivity index (χ0v) is 9.70. The molecule has 0 bridgehead atoms. The van der Waals surface area contributed by atoms with Crippen LogP contribution in [0.3, 0.4) is 0 Å². The highest BCUT2D eigenvalue weighted by Gasteiger charge is 2.33. The molecule has 0 aliphatic carbocycles. The number of rotatable bonds is 1. The van der Waals surface area contributed by atoms with Gasteiger partial charge >= 0.3 is 0 Å². The van der Waals surface area contributed by atoms with E-state index in [2.05, 4.69) is 4.98 Å². The van der Waals surface area contributed by atoms with E-state index in [9.17, 15) is 4.79 Å². The highest BCUT2D eigenvalue weighted by atomic mass is 35.6. The smallest absolute Gasteiger partial charge is 0.253 e. The number of H-pyrrole nitrogens is 1. The number of alkyl halides is 3. The average Bonchev–Trinajstić information content (AvgIpc) is 2.58. The number of ketones is 1. The lowest BCUT2D eigenvalue weighted by atomic mass is 10.1. The monoisotopic (exact) mass is 261 g/mol. The molecule has 1 heterocycles. The zero-order chi connectivity index (χ0) is 11.1. The second kappa shape index (κ2) is 3.71. The van der Waals surface area contributed by atoms with E-state index in [0.717, 1.165) is 10.9 Å². The first-order chi connectivity index (χ1) is 7.00. The fourth-order valence-electron chi connectivity index (χ4n) is 1.41. The number of nitrogens with one attached hydrogen (secondary N) is 1. The Kier molecular flexibility index (Phi) is 2.67. The van der Waals surface area contributed by atoms with Crippen molar-refractivity contribution in [2.75, 3.05) is 0 Å². The lowest BCUT2D eigenvalue weighted by Gasteiger charge is -2.07. The summed E-state index contributed by atoms with van der Waals surface area (Å²) in [5, 5.41) is 0.758. The molecule has 5 heteroatoms. The van der Waals surface area contributed by atoms with Crippen LogP contribution >= 0.6 is 34.8 Å². The molecule has 0 atom stereocenters. The van der Waals surface area contributed by atoms with Gasteiger partial charge in [0, 0.05) is 22.7 Å². The van der Waals surface area contributed by atoms with Gasteiger partial charge in [-0.05, 0) is 6.07 Å². The summed E-state index contributed by atoms with van der Waals surface area (Å²) in [5.74, 6) is -0.523. The molecule has 2 nitrogen and oxygen atoms in total. The first kappa shape index (κ1) is 10.8. The SMILES string of the molecule is O=C(c1c[nH]c2ccccc12)C(Cl)(Cl)Cl. The van der Waals surface area contributed by atoms with Crippen molar-refractivity contribution in [3.8, 4) is 0 Å². The van der Waals surface area contributed by atoms with E-state index in [1.54, 1.807) is 12.3 Å². The molecule has 1 aromatic heterocycles. The van der Waals surface area contributed by atoms with Gasteiger partial charge in [-0.15, -0.1) is 0 Å². The Balaban J connectivity index is 2.58. The van der Waals surface area contributed by atoms with Gasteiger partial charge in [0.1, 0.15) is 0 Å². The highest BCUT2D eigenvalue weighted by molar-refractivity contribution is 6.77. The number of hydrogen-bond donors (Lipinski definition) is 1. The largest absolute Gasteiger partial charge is 0.360 e. The first-order valence-corrected chi connectivity index (χ1v) is 5.31. The molecule has 0 aliphatic heterocycles. The first-order valence-electron chi connectivity index (χ1n) is 4.18. The van der Waals surface area contributed by atoms with Crippen LogP contribution in [0.25, 0.3) is 10.9 Å².